The molecule has 1 aliphatic heterocycles. The summed E-state index contributed by atoms with van der Waals surface area (Å²) in [7, 11) is 1.31. The van der Waals surface area contributed by atoms with Crippen molar-refractivity contribution in [3.05, 3.63) is 50.8 Å². The lowest BCUT2D eigenvalue weighted by Gasteiger charge is -2.10. The molecule has 130 valence electrons. The average Bonchev–Trinajstić information content (AvgIpc) is 3.14. The van der Waals surface area contributed by atoms with Crippen LogP contribution in [0.25, 0.3) is 6.08 Å². The Kier molecular flexibility index (Phi) is 5.00. The summed E-state index contributed by atoms with van der Waals surface area (Å²) in [6, 6.07) is 7.58. The van der Waals surface area contributed by atoms with Crippen molar-refractivity contribution in [2.24, 2.45) is 4.99 Å². The van der Waals surface area contributed by atoms with Crippen molar-refractivity contribution < 1.29 is 27.8 Å². The van der Waals surface area contributed by atoms with Gasteiger partial charge in [-0.25, -0.2) is 9.79 Å². The topological polar surface area (TPSA) is 57.1 Å². The Balaban J connectivity index is 1.90. The number of hydrogen-bond donors (Lipinski definition) is 0. The van der Waals surface area contributed by atoms with Crippen LogP contribution in [0.2, 0.25) is 4.34 Å². The third-order valence-corrected chi connectivity index (χ3v) is 4.30. The second-order valence-corrected chi connectivity index (χ2v) is 6.47. The molecule has 2 heterocycles. The van der Waals surface area contributed by atoms with Gasteiger partial charge in [-0.15, -0.1) is 11.3 Å². The highest BCUT2D eigenvalue weighted by atomic mass is 35.5. The fraction of sp³-hybridized carbons (Fsp3) is 0.125. The smallest absolute Gasteiger partial charge is 0.387 e. The minimum absolute atomic E-state index is 0.0424. The van der Waals surface area contributed by atoms with Gasteiger partial charge < -0.3 is 14.2 Å². The fourth-order valence-electron chi connectivity index (χ4n) is 2.07. The molecule has 0 bridgehead atoms. The van der Waals surface area contributed by atoms with Gasteiger partial charge in [0.2, 0.25) is 5.90 Å². The van der Waals surface area contributed by atoms with E-state index in [9.17, 15) is 13.6 Å². The summed E-state index contributed by atoms with van der Waals surface area (Å²) < 4.78 is 39.8. The maximum Gasteiger partial charge on any atom is 0.387 e. The molecule has 0 fully saturated rings. The minimum Gasteiger partial charge on any atom is -0.493 e. The molecular weight excluding hydrogens is 376 g/mol. The van der Waals surface area contributed by atoms with E-state index in [-0.39, 0.29) is 23.1 Å². The van der Waals surface area contributed by atoms with Crippen LogP contribution in [0.3, 0.4) is 0 Å². The van der Waals surface area contributed by atoms with E-state index in [1.807, 2.05) is 0 Å². The van der Waals surface area contributed by atoms with E-state index in [0.717, 1.165) is 4.88 Å². The molecule has 0 radical (unpaired) electrons. The SMILES string of the molecule is COc1cc(C2=N/C(=C\c3ccc(Cl)s3)C(=O)O2)ccc1OC(F)F. The van der Waals surface area contributed by atoms with E-state index < -0.39 is 12.6 Å². The molecule has 1 aromatic carbocycles. The Morgan fingerprint density at radius 3 is 2.72 bits per heavy atom. The molecule has 3 rings (SSSR count). The third-order valence-electron chi connectivity index (χ3n) is 3.12. The van der Waals surface area contributed by atoms with Crippen LogP contribution < -0.4 is 9.47 Å². The molecule has 0 N–H and O–H groups in total. The van der Waals surface area contributed by atoms with Gasteiger partial charge in [-0.05, 0) is 36.4 Å². The second-order valence-electron chi connectivity index (χ2n) is 4.72. The zero-order valence-electron chi connectivity index (χ0n) is 12.7. The van der Waals surface area contributed by atoms with Crippen molar-refractivity contribution in [2.75, 3.05) is 7.11 Å². The predicted octanol–water partition coefficient (Wildman–Crippen LogP) is 4.36. The Hall–Kier alpha value is -2.45. The van der Waals surface area contributed by atoms with Crippen molar-refractivity contribution in [1.82, 2.24) is 0 Å². The predicted molar refractivity (Wildman–Crippen MR) is 89.6 cm³/mol. The van der Waals surface area contributed by atoms with E-state index in [2.05, 4.69) is 9.73 Å². The Labute approximate surface area is 150 Å². The Morgan fingerprint density at radius 2 is 2.08 bits per heavy atom. The zero-order valence-corrected chi connectivity index (χ0v) is 14.2. The summed E-state index contributed by atoms with van der Waals surface area (Å²) in [5.74, 6) is -0.638. The summed E-state index contributed by atoms with van der Waals surface area (Å²) in [6.45, 7) is -2.98. The van der Waals surface area contributed by atoms with Crippen LogP contribution in [-0.2, 0) is 9.53 Å². The standard InChI is InChI=1S/C16H10ClF2NO4S/c1-22-12-6-8(2-4-11(12)23-16(18)19)14-20-10(15(21)24-14)7-9-3-5-13(17)25-9/h2-7,16H,1H3/b10-7-. The quantitative estimate of drug-likeness (QED) is 0.567. The van der Waals surface area contributed by atoms with Gasteiger partial charge in [-0.3, -0.25) is 0 Å². The van der Waals surface area contributed by atoms with Crippen LogP contribution in [0.4, 0.5) is 8.78 Å². The van der Waals surface area contributed by atoms with Gasteiger partial charge in [0.1, 0.15) is 0 Å². The normalized spacial score (nSPS) is 15.5. The molecular formula is C16H10ClF2NO4S. The number of thiophene rings is 1. The monoisotopic (exact) mass is 385 g/mol. The van der Waals surface area contributed by atoms with Crippen molar-refractivity contribution >= 4 is 40.9 Å². The van der Waals surface area contributed by atoms with E-state index in [1.165, 1.54) is 36.6 Å². The highest BCUT2D eigenvalue weighted by molar-refractivity contribution is 7.17. The lowest BCUT2D eigenvalue weighted by atomic mass is 10.2. The number of esters is 1. The number of carbonyl (C=O) groups is 1. The number of cyclic esters (lactones) is 1. The van der Waals surface area contributed by atoms with Crippen LogP contribution in [0.1, 0.15) is 10.4 Å². The van der Waals surface area contributed by atoms with Gasteiger partial charge in [0.15, 0.2) is 17.2 Å². The van der Waals surface area contributed by atoms with Crippen LogP contribution in [0.5, 0.6) is 11.5 Å². The van der Waals surface area contributed by atoms with E-state index in [1.54, 1.807) is 18.2 Å². The maximum atomic E-state index is 12.4. The number of alkyl halides is 2. The molecule has 0 saturated carbocycles. The largest absolute Gasteiger partial charge is 0.493 e. The molecule has 0 amide bonds. The van der Waals surface area contributed by atoms with Crippen molar-refractivity contribution in [2.45, 2.75) is 6.61 Å². The van der Waals surface area contributed by atoms with Crippen LogP contribution in [0, 0.1) is 0 Å². The highest BCUT2D eigenvalue weighted by Gasteiger charge is 2.25. The molecule has 0 unspecified atom stereocenters. The average molecular weight is 386 g/mol. The van der Waals surface area contributed by atoms with Gasteiger partial charge in [0.05, 0.1) is 11.4 Å². The van der Waals surface area contributed by atoms with Crippen molar-refractivity contribution in [3.63, 3.8) is 0 Å². The first-order chi connectivity index (χ1) is 12.0. The molecule has 0 spiro atoms. The lowest BCUT2D eigenvalue weighted by molar-refractivity contribution is -0.129. The molecule has 9 heteroatoms. The Morgan fingerprint density at radius 1 is 1.28 bits per heavy atom. The van der Waals surface area contributed by atoms with Crippen LogP contribution >= 0.6 is 22.9 Å². The van der Waals surface area contributed by atoms with Gasteiger partial charge in [-0.2, -0.15) is 8.78 Å². The molecule has 1 aromatic heterocycles. The van der Waals surface area contributed by atoms with Crippen LogP contribution in [0.15, 0.2) is 41.0 Å². The Bertz CT molecular complexity index is 879. The number of nitrogens with zero attached hydrogens (tertiary/aromatic N) is 1. The molecule has 0 aliphatic carbocycles. The van der Waals surface area contributed by atoms with Gasteiger partial charge in [0.25, 0.3) is 0 Å². The molecule has 0 atom stereocenters. The number of methoxy groups -OCH3 is 1. The lowest BCUT2D eigenvalue weighted by Crippen LogP contribution is -2.07. The zero-order chi connectivity index (χ0) is 18.0. The number of rotatable bonds is 5. The van der Waals surface area contributed by atoms with E-state index in [0.29, 0.717) is 9.90 Å². The maximum absolute atomic E-state index is 12.4. The fourth-order valence-corrected chi connectivity index (χ4v) is 3.07. The summed E-state index contributed by atoms with van der Waals surface area (Å²) in [4.78, 5) is 16.8. The van der Waals surface area contributed by atoms with E-state index >= 15 is 0 Å². The second kappa shape index (κ2) is 7.20. The molecule has 5 nitrogen and oxygen atoms in total. The number of carbonyl (C=O) groups excluding carboxylic acids is 1. The highest BCUT2D eigenvalue weighted by Crippen LogP contribution is 2.31. The minimum atomic E-state index is -2.98. The number of hydrogen-bond acceptors (Lipinski definition) is 6. The molecule has 1 aliphatic rings. The molecule has 2 aromatic rings. The molecule has 25 heavy (non-hydrogen) atoms. The first-order valence-corrected chi connectivity index (χ1v) is 8.07. The van der Waals surface area contributed by atoms with Gasteiger partial charge >= 0.3 is 12.6 Å². The van der Waals surface area contributed by atoms with Crippen LogP contribution in [-0.4, -0.2) is 25.6 Å². The summed E-state index contributed by atoms with van der Waals surface area (Å²) in [5, 5.41) is 0. The summed E-state index contributed by atoms with van der Waals surface area (Å²) in [5.41, 5.74) is 0.500. The third kappa shape index (κ3) is 3.97. The number of ether oxygens (including phenoxy) is 3. The number of halogens is 3. The van der Waals surface area contributed by atoms with Gasteiger partial charge in [0, 0.05) is 10.4 Å². The van der Waals surface area contributed by atoms with E-state index in [4.69, 9.17) is 21.1 Å². The number of benzene rings is 1. The first kappa shape index (κ1) is 17.4. The van der Waals surface area contributed by atoms with Crippen molar-refractivity contribution in [1.29, 1.82) is 0 Å². The van der Waals surface area contributed by atoms with Gasteiger partial charge in [-0.1, -0.05) is 11.6 Å². The summed E-state index contributed by atoms with van der Waals surface area (Å²) >= 11 is 7.14. The first-order valence-electron chi connectivity index (χ1n) is 6.87. The summed E-state index contributed by atoms with van der Waals surface area (Å²) in [6.07, 6.45) is 1.55. The molecule has 0 saturated heterocycles. The number of aliphatic imine (C=N–C) groups is 1. The van der Waals surface area contributed by atoms with Crippen molar-refractivity contribution in [3.8, 4) is 11.5 Å².